The van der Waals surface area contributed by atoms with Crippen LogP contribution >= 0.6 is 0 Å². The van der Waals surface area contributed by atoms with Gasteiger partial charge in [0.1, 0.15) is 0 Å². The zero-order valence-corrected chi connectivity index (χ0v) is 6.75. The van der Waals surface area contributed by atoms with Gasteiger partial charge in [-0.05, 0) is 6.42 Å². The van der Waals surface area contributed by atoms with Crippen LogP contribution in [-0.2, 0) is 15.9 Å². The molecule has 0 saturated carbocycles. The van der Waals surface area contributed by atoms with Crippen molar-refractivity contribution in [3.05, 3.63) is 6.92 Å². The van der Waals surface area contributed by atoms with Crippen molar-refractivity contribution in [3.8, 4) is 0 Å². The second kappa shape index (κ2) is 6.14. The van der Waals surface area contributed by atoms with E-state index in [4.69, 9.17) is 0 Å². The van der Waals surface area contributed by atoms with Gasteiger partial charge in [-0.15, -0.1) is 0 Å². The Morgan fingerprint density at radius 3 is 2.67 bits per heavy atom. The summed E-state index contributed by atoms with van der Waals surface area (Å²) in [6, 6.07) is 0. The molecule has 0 rings (SSSR count). The molecule has 0 spiro atoms. The van der Waals surface area contributed by atoms with Crippen LogP contribution in [0.5, 0.6) is 0 Å². The molecule has 0 aliphatic carbocycles. The molecule has 53 valence electrons. The number of hydrogen-bond donors (Lipinski definition) is 0. The van der Waals surface area contributed by atoms with Gasteiger partial charge in [-0.3, -0.25) is 0 Å². The van der Waals surface area contributed by atoms with Crippen LogP contribution in [0.3, 0.4) is 0 Å². The minimum atomic E-state index is 0.326. The summed E-state index contributed by atoms with van der Waals surface area (Å²) in [6.45, 7) is 5.77. The topological polar surface area (TPSA) is 17.1 Å². The molecule has 9 heavy (non-hydrogen) atoms. The lowest BCUT2D eigenvalue weighted by atomic mass is 10.2. The van der Waals surface area contributed by atoms with Crippen LogP contribution in [-0.4, -0.2) is 5.25 Å². The van der Waals surface area contributed by atoms with Crippen LogP contribution in [0.1, 0.15) is 32.6 Å². The van der Waals surface area contributed by atoms with E-state index in [1.165, 1.54) is 0 Å². The predicted molar refractivity (Wildman–Crippen MR) is 41.3 cm³/mol. The second-order valence-electron chi connectivity index (χ2n) is 2.12. The Hall–Kier alpha value is 0.0200. The Balaban J connectivity index is 3.20. The summed E-state index contributed by atoms with van der Waals surface area (Å²) in [5.41, 5.74) is 0. The van der Waals surface area contributed by atoms with Gasteiger partial charge in [-0.2, -0.15) is 0 Å². The molecule has 1 atom stereocenters. The van der Waals surface area contributed by atoms with Crippen molar-refractivity contribution in [3.63, 3.8) is 0 Å². The number of hydrogen-bond acceptors (Lipinski definition) is 1. The van der Waals surface area contributed by atoms with Crippen molar-refractivity contribution in [2.24, 2.45) is 0 Å². The van der Waals surface area contributed by atoms with Crippen LogP contribution in [0.15, 0.2) is 0 Å². The van der Waals surface area contributed by atoms with E-state index in [9.17, 15) is 4.21 Å². The third kappa shape index (κ3) is 4.52. The van der Waals surface area contributed by atoms with Gasteiger partial charge in [-0.25, -0.2) is 0 Å². The van der Waals surface area contributed by atoms with E-state index in [1.54, 1.807) is 0 Å². The van der Waals surface area contributed by atoms with Gasteiger partial charge in [0.05, 0.1) is 0 Å². The summed E-state index contributed by atoms with van der Waals surface area (Å²) >= 11 is 0.732. The fourth-order valence-electron chi connectivity index (χ4n) is 0.692. The molecule has 0 aromatic heterocycles. The monoisotopic (exact) mass is 146 g/mol. The fourth-order valence-corrected chi connectivity index (χ4v) is 1.09. The lowest BCUT2D eigenvalue weighted by Crippen LogP contribution is -2.02. The number of rotatable bonds is 5. The van der Waals surface area contributed by atoms with E-state index in [-0.39, 0.29) is 0 Å². The van der Waals surface area contributed by atoms with Gasteiger partial charge in [0.15, 0.2) is 0 Å². The summed E-state index contributed by atoms with van der Waals surface area (Å²) in [6.07, 6.45) is 4.08. The first kappa shape index (κ1) is 9.02. The summed E-state index contributed by atoms with van der Waals surface area (Å²) in [5, 5.41) is 0.326. The van der Waals surface area contributed by atoms with E-state index in [2.05, 4.69) is 13.8 Å². The molecule has 0 aliphatic heterocycles. The highest BCUT2D eigenvalue weighted by molar-refractivity contribution is 7.66. The highest BCUT2D eigenvalue weighted by atomic mass is 32.1. The molecule has 0 bridgehead atoms. The summed E-state index contributed by atoms with van der Waals surface area (Å²) in [7, 11) is 0. The van der Waals surface area contributed by atoms with E-state index < -0.39 is 0 Å². The molecular formula is C7H14OS+. The molecule has 0 amide bonds. The highest BCUT2D eigenvalue weighted by Gasteiger charge is 2.16. The zero-order chi connectivity index (χ0) is 7.11. The van der Waals surface area contributed by atoms with Gasteiger partial charge in [-0.1, -0.05) is 20.3 Å². The molecule has 0 saturated heterocycles. The smallest absolute Gasteiger partial charge is 0.0598 e. The lowest BCUT2D eigenvalue weighted by molar-refractivity contribution is 0.586. The molecule has 0 aromatic rings. The van der Waals surface area contributed by atoms with E-state index in [1.807, 2.05) is 0 Å². The van der Waals surface area contributed by atoms with Gasteiger partial charge in [0.2, 0.25) is 5.25 Å². The Kier molecular flexibility index (Phi) is 6.16. The number of unbranched alkanes of at least 4 members (excludes halogenated alkanes) is 1. The molecule has 0 aromatic carbocycles. The SMILES string of the molecule is [CH2]CCCC(CC)[S+]=O. The first-order valence-electron chi connectivity index (χ1n) is 3.43. The Morgan fingerprint density at radius 2 is 2.33 bits per heavy atom. The Bertz CT molecular complexity index is 73.3. The first-order chi connectivity index (χ1) is 4.35. The molecule has 0 fully saturated rings. The maximum absolute atomic E-state index is 10.3. The lowest BCUT2D eigenvalue weighted by Gasteiger charge is -1.92. The summed E-state index contributed by atoms with van der Waals surface area (Å²) in [4.78, 5) is 0. The van der Waals surface area contributed by atoms with Gasteiger partial charge in [0.25, 0.3) is 0 Å². The third-order valence-corrected chi connectivity index (χ3v) is 2.21. The Morgan fingerprint density at radius 1 is 1.67 bits per heavy atom. The van der Waals surface area contributed by atoms with Gasteiger partial charge < -0.3 is 0 Å². The average Bonchev–Trinajstić information content (AvgIpc) is 1.91. The quantitative estimate of drug-likeness (QED) is 0.543. The minimum Gasteiger partial charge on any atom is -0.0598 e. The average molecular weight is 146 g/mol. The van der Waals surface area contributed by atoms with Crippen molar-refractivity contribution in [2.75, 3.05) is 0 Å². The van der Waals surface area contributed by atoms with E-state index >= 15 is 0 Å². The predicted octanol–water partition coefficient (Wildman–Crippen LogP) is 2.20. The summed E-state index contributed by atoms with van der Waals surface area (Å²) < 4.78 is 10.3. The molecule has 1 unspecified atom stereocenters. The van der Waals surface area contributed by atoms with Crippen molar-refractivity contribution >= 4 is 11.7 Å². The van der Waals surface area contributed by atoms with Crippen LogP contribution in [0, 0.1) is 6.92 Å². The molecule has 0 N–H and O–H groups in total. The Labute approximate surface area is 61.3 Å². The van der Waals surface area contributed by atoms with E-state index in [0.717, 1.165) is 37.3 Å². The van der Waals surface area contributed by atoms with Crippen LogP contribution in [0.25, 0.3) is 0 Å². The largest absolute Gasteiger partial charge is 0.462 e. The second-order valence-corrected chi connectivity index (χ2v) is 2.98. The van der Waals surface area contributed by atoms with Crippen molar-refractivity contribution in [2.45, 2.75) is 37.9 Å². The molecule has 1 nitrogen and oxygen atoms in total. The highest BCUT2D eigenvalue weighted by Crippen LogP contribution is 2.04. The van der Waals surface area contributed by atoms with Gasteiger partial charge >= 0.3 is 11.7 Å². The van der Waals surface area contributed by atoms with Crippen LogP contribution in [0.4, 0.5) is 0 Å². The first-order valence-corrected chi connectivity index (χ1v) is 4.23. The molecule has 1 radical (unpaired) electrons. The third-order valence-electron chi connectivity index (χ3n) is 1.37. The normalized spacial score (nSPS) is 13.1. The van der Waals surface area contributed by atoms with Crippen LogP contribution < -0.4 is 0 Å². The van der Waals surface area contributed by atoms with Crippen molar-refractivity contribution in [1.29, 1.82) is 0 Å². The molecular weight excluding hydrogens is 132 g/mol. The van der Waals surface area contributed by atoms with E-state index in [0.29, 0.717) is 5.25 Å². The summed E-state index contributed by atoms with van der Waals surface area (Å²) in [5.74, 6) is 0. The molecule has 0 aliphatic rings. The molecule has 2 heteroatoms. The van der Waals surface area contributed by atoms with Crippen molar-refractivity contribution < 1.29 is 4.21 Å². The van der Waals surface area contributed by atoms with Crippen LogP contribution in [0.2, 0.25) is 0 Å². The fraction of sp³-hybridized carbons (Fsp3) is 0.857. The minimum absolute atomic E-state index is 0.326. The maximum atomic E-state index is 10.3. The standard InChI is InChI=1S/C7H14OS/c1-3-5-6-7(4-2)9-8/h7H,1,3-6H2,2H3/q+1. The maximum Gasteiger partial charge on any atom is 0.462 e. The van der Waals surface area contributed by atoms with Gasteiger partial charge in [0, 0.05) is 17.1 Å². The van der Waals surface area contributed by atoms with Crippen molar-refractivity contribution in [1.82, 2.24) is 0 Å². The zero-order valence-electron chi connectivity index (χ0n) is 5.93. The molecule has 0 heterocycles.